The fraction of sp³-hybridized carbons (Fsp3) is 0.611. The molecule has 0 amide bonds. The summed E-state index contributed by atoms with van der Waals surface area (Å²) >= 11 is 0. The number of likely N-dealkylation sites (tertiary alicyclic amines) is 1. The molecule has 0 radical (unpaired) electrons. The fourth-order valence-corrected chi connectivity index (χ4v) is 3.45. The van der Waals surface area contributed by atoms with Gasteiger partial charge in [0.25, 0.3) is 0 Å². The monoisotopic (exact) mass is 284 g/mol. The summed E-state index contributed by atoms with van der Waals surface area (Å²) in [6, 6.07) is 8.87. The van der Waals surface area contributed by atoms with Gasteiger partial charge in [0.1, 0.15) is 12.4 Å². The number of hydrogen-bond donors (Lipinski definition) is 0. The van der Waals surface area contributed by atoms with Crippen LogP contribution in [-0.4, -0.2) is 31.1 Å². The highest BCUT2D eigenvalue weighted by Crippen LogP contribution is 2.29. The minimum Gasteiger partial charge on any atom is -0.492 e. The van der Waals surface area contributed by atoms with Crippen LogP contribution in [0.4, 0.5) is 0 Å². The van der Waals surface area contributed by atoms with Gasteiger partial charge in [0.2, 0.25) is 0 Å². The van der Waals surface area contributed by atoms with E-state index >= 15 is 0 Å². The maximum Gasteiger partial charge on any atom is 0.122 e. The number of piperidine rings is 1. The predicted octanol–water partition coefficient (Wildman–Crippen LogP) is 3.18. The maximum atomic E-state index is 8.92. The summed E-state index contributed by atoms with van der Waals surface area (Å²) in [7, 11) is 0. The predicted molar refractivity (Wildman–Crippen MR) is 83.4 cm³/mol. The Morgan fingerprint density at radius 3 is 2.81 bits per heavy atom. The van der Waals surface area contributed by atoms with Crippen molar-refractivity contribution in [2.75, 3.05) is 26.2 Å². The Balaban J connectivity index is 1.49. The number of benzene rings is 1. The van der Waals surface area contributed by atoms with E-state index in [0.717, 1.165) is 44.8 Å². The second-order valence-electron chi connectivity index (χ2n) is 6.19. The molecule has 3 rings (SSSR count). The zero-order valence-electron chi connectivity index (χ0n) is 12.7. The number of hydrogen-bond acceptors (Lipinski definition) is 3. The van der Waals surface area contributed by atoms with E-state index in [1.807, 2.05) is 0 Å². The van der Waals surface area contributed by atoms with Gasteiger partial charge in [-0.05, 0) is 68.8 Å². The van der Waals surface area contributed by atoms with Crippen molar-refractivity contribution in [2.45, 2.75) is 38.5 Å². The van der Waals surface area contributed by atoms with Crippen LogP contribution in [0.1, 0.15) is 36.8 Å². The van der Waals surface area contributed by atoms with E-state index in [9.17, 15) is 0 Å². The first-order valence-corrected chi connectivity index (χ1v) is 8.22. The van der Waals surface area contributed by atoms with Gasteiger partial charge in [0.05, 0.1) is 6.07 Å². The first-order valence-electron chi connectivity index (χ1n) is 8.22. The number of nitriles is 1. The molecule has 2 aliphatic rings. The maximum absolute atomic E-state index is 8.92. The number of nitrogens with zero attached hydrogens (tertiary/aromatic N) is 2. The molecule has 1 heterocycles. The standard InChI is InChI=1S/C18H24N2O/c19-14-15-8-10-20(11-9-15)12-13-21-18-7-3-5-16-4-1-2-6-17(16)18/h3,5,7,15H,1-2,4,6,8-13H2. The number of ether oxygens (including phenoxy) is 1. The van der Waals surface area contributed by atoms with Crippen LogP contribution < -0.4 is 4.74 Å². The minimum atomic E-state index is 0.267. The molecule has 1 saturated heterocycles. The normalized spacial score (nSPS) is 19.8. The number of fused-ring (bicyclic) bond motifs is 1. The Morgan fingerprint density at radius 2 is 2.00 bits per heavy atom. The molecule has 0 spiro atoms. The van der Waals surface area contributed by atoms with Crippen LogP contribution in [0.5, 0.6) is 5.75 Å². The third-order valence-corrected chi connectivity index (χ3v) is 4.79. The van der Waals surface area contributed by atoms with Crippen LogP contribution in [0.25, 0.3) is 0 Å². The highest BCUT2D eigenvalue weighted by molar-refractivity contribution is 5.41. The van der Waals surface area contributed by atoms with Crippen molar-refractivity contribution in [1.82, 2.24) is 4.90 Å². The topological polar surface area (TPSA) is 36.3 Å². The minimum absolute atomic E-state index is 0.267. The molecule has 1 aromatic rings. The van der Waals surface area contributed by atoms with Crippen LogP contribution in [0, 0.1) is 17.2 Å². The first-order chi connectivity index (χ1) is 10.4. The van der Waals surface area contributed by atoms with Crippen molar-refractivity contribution < 1.29 is 4.74 Å². The molecule has 21 heavy (non-hydrogen) atoms. The van der Waals surface area contributed by atoms with Gasteiger partial charge < -0.3 is 4.74 Å². The molecule has 1 aliphatic heterocycles. The van der Waals surface area contributed by atoms with Gasteiger partial charge in [0.15, 0.2) is 0 Å². The second-order valence-corrected chi connectivity index (χ2v) is 6.19. The summed E-state index contributed by atoms with van der Waals surface area (Å²) < 4.78 is 6.05. The molecule has 0 unspecified atom stereocenters. The van der Waals surface area contributed by atoms with Crippen LogP contribution in [0.15, 0.2) is 18.2 Å². The third-order valence-electron chi connectivity index (χ3n) is 4.79. The highest BCUT2D eigenvalue weighted by Gasteiger charge is 2.19. The van der Waals surface area contributed by atoms with E-state index in [1.165, 1.54) is 36.8 Å². The molecule has 0 bridgehead atoms. The van der Waals surface area contributed by atoms with Gasteiger partial charge in [-0.1, -0.05) is 12.1 Å². The van der Waals surface area contributed by atoms with Crippen LogP contribution in [0.3, 0.4) is 0 Å². The van der Waals surface area contributed by atoms with Gasteiger partial charge in [0, 0.05) is 12.5 Å². The van der Waals surface area contributed by atoms with E-state index in [-0.39, 0.29) is 5.92 Å². The van der Waals surface area contributed by atoms with Crippen molar-refractivity contribution >= 4 is 0 Å². The third kappa shape index (κ3) is 3.57. The largest absolute Gasteiger partial charge is 0.492 e. The molecule has 0 atom stereocenters. The Morgan fingerprint density at radius 1 is 1.19 bits per heavy atom. The fourth-order valence-electron chi connectivity index (χ4n) is 3.45. The summed E-state index contributed by atoms with van der Waals surface area (Å²) in [5.74, 6) is 1.36. The molecule has 1 aliphatic carbocycles. The van der Waals surface area contributed by atoms with Crippen molar-refractivity contribution in [3.8, 4) is 11.8 Å². The van der Waals surface area contributed by atoms with Crippen molar-refractivity contribution in [1.29, 1.82) is 5.26 Å². The smallest absolute Gasteiger partial charge is 0.122 e. The average molecular weight is 284 g/mol. The Kier molecular flexibility index (Phi) is 4.77. The summed E-state index contributed by atoms with van der Waals surface area (Å²) in [6.45, 7) is 3.80. The summed E-state index contributed by atoms with van der Waals surface area (Å²) in [5, 5.41) is 8.92. The molecule has 0 saturated carbocycles. The molecule has 1 aromatic carbocycles. The second kappa shape index (κ2) is 6.95. The Hall–Kier alpha value is -1.53. The van der Waals surface area contributed by atoms with Gasteiger partial charge in [-0.2, -0.15) is 5.26 Å². The summed E-state index contributed by atoms with van der Waals surface area (Å²) in [6.07, 6.45) is 6.99. The molecule has 0 N–H and O–H groups in total. The molecular formula is C18H24N2O. The van der Waals surface area contributed by atoms with Gasteiger partial charge in [-0.15, -0.1) is 0 Å². The van der Waals surface area contributed by atoms with Gasteiger partial charge in [-0.3, -0.25) is 4.90 Å². The number of aryl methyl sites for hydroxylation is 1. The number of rotatable bonds is 4. The lowest BCUT2D eigenvalue weighted by molar-refractivity contribution is 0.168. The lowest BCUT2D eigenvalue weighted by atomic mass is 9.91. The Bertz CT molecular complexity index is 512. The van der Waals surface area contributed by atoms with Gasteiger partial charge >= 0.3 is 0 Å². The molecule has 1 fully saturated rings. The molecule has 3 nitrogen and oxygen atoms in total. The quantitative estimate of drug-likeness (QED) is 0.852. The lowest BCUT2D eigenvalue weighted by Gasteiger charge is -2.29. The average Bonchev–Trinajstić information content (AvgIpc) is 2.56. The van der Waals surface area contributed by atoms with E-state index in [2.05, 4.69) is 29.2 Å². The van der Waals surface area contributed by atoms with Crippen molar-refractivity contribution in [2.24, 2.45) is 5.92 Å². The molecule has 112 valence electrons. The zero-order valence-corrected chi connectivity index (χ0v) is 12.7. The lowest BCUT2D eigenvalue weighted by Crippen LogP contribution is -2.36. The first kappa shape index (κ1) is 14.4. The van der Waals surface area contributed by atoms with E-state index in [1.54, 1.807) is 0 Å². The summed E-state index contributed by atoms with van der Waals surface area (Å²) in [4.78, 5) is 2.42. The van der Waals surface area contributed by atoms with E-state index in [4.69, 9.17) is 10.00 Å². The van der Waals surface area contributed by atoms with Crippen molar-refractivity contribution in [3.63, 3.8) is 0 Å². The van der Waals surface area contributed by atoms with E-state index < -0.39 is 0 Å². The Labute approximate surface area is 127 Å². The highest BCUT2D eigenvalue weighted by atomic mass is 16.5. The SMILES string of the molecule is N#CC1CCN(CCOc2cccc3c2CCCC3)CC1. The zero-order chi connectivity index (χ0) is 14.5. The summed E-state index contributed by atoms with van der Waals surface area (Å²) in [5.41, 5.74) is 2.92. The van der Waals surface area contributed by atoms with Crippen molar-refractivity contribution in [3.05, 3.63) is 29.3 Å². The van der Waals surface area contributed by atoms with Crippen LogP contribution in [-0.2, 0) is 12.8 Å². The molecular weight excluding hydrogens is 260 g/mol. The van der Waals surface area contributed by atoms with Crippen LogP contribution >= 0.6 is 0 Å². The molecule has 3 heteroatoms. The molecule has 0 aromatic heterocycles. The van der Waals surface area contributed by atoms with Gasteiger partial charge in [-0.25, -0.2) is 0 Å². The van der Waals surface area contributed by atoms with E-state index in [0.29, 0.717) is 0 Å². The van der Waals surface area contributed by atoms with Crippen LogP contribution in [0.2, 0.25) is 0 Å².